The number of fused-ring (bicyclic) bond motifs is 4. The maximum absolute atomic E-state index is 12.6. The molecule has 3 aliphatic rings. The molecule has 13 rings (SSSR count). The summed E-state index contributed by atoms with van der Waals surface area (Å²) in [6, 6.07) is 15.0. The summed E-state index contributed by atoms with van der Waals surface area (Å²) in [5, 5.41) is 34.7. The van der Waals surface area contributed by atoms with Crippen LogP contribution in [0.25, 0.3) is 44.8 Å². The molecule has 0 radical (unpaired) electrons. The van der Waals surface area contributed by atoms with Crippen molar-refractivity contribution in [3.05, 3.63) is 155 Å². The molecule has 4 N–H and O–H groups in total. The van der Waals surface area contributed by atoms with Gasteiger partial charge in [0.2, 0.25) is 0 Å². The number of carbonyl (C=O) groups excluding carboxylic acids is 5. The minimum absolute atomic E-state index is 0.0538. The number of carbonyl (C=O) groups is 6. The lowest BCUT2D eigenvalue weighted by atomic mass is 10.1. The molecule has 3 fully saturated rings. The van der Waals surface area contributed by atoms with Gasteiger partial charge in [0.25, 0.3) is 17.7 Å². The normalized spacial score (nSPS) is 16.1. The van der Waals surface area contributed by atoms with Crippen molar-refractivity contribution >= 4 is 90.3 Å². The summed E-state index contributed by atoms with van der Waals surface area (Å²) in [5.74, 6) is -0.897. The van der Waals surface area contributed by atoms with E-state index in [1.165, 1.54) is 6.20 Å². The van der Waals surface area contributed by atoms with Gasteiger partial charge in [-0.05, 0) is 159 Å². The second kappa shape index (κ2) is 29.6. The molecule has 0 spiro atoms. The number of hydrogen-bond acceptors (Lipinski definition) is 16. The van der Waals surface area contributed by atoms with Crippen molar-refractivity contribution in [2.75, 3.05) is 58.9 Å². The van der Waals surface area contributed by atoms with E-state index in [0.29, 0.717) is 86.7 Å². The Labute approximate surface area is 569 Å². The standard InChI is InChI=1S/C22H28N6O3.C18H23BrN4O3.C18H19N7O.C8H5BrN2O2/c1-22(2,3)31-21(30)27-8-7-15(11-27)9-23-20(29)18-14-28-13-16(5-6-19(28)25-18)17-10-24-26(4)12-17;1-18(2,3)26-17(25)22-7-6-12(9-22)8-20-16(24)14-11-23-10-13(19)4-5-15(23)21-14;1-23-9-15(7-21-23)14-2-3-17-22-16(11-25(17)10-14)18(26)20-6-13-4-5-24(8-13)12-19;9-5-1-2-7-10-6(8(12)13)4-11(7)3-5/h5-6,10,12-15H,7-9,11H2,1-4H3,(H,23,29);4-5,10-12H,6-9H2,1-3H3,(H,20,24);2-3,7,9-11,13H,4-6,8H2,1H3,(H,20,26);1-4H,(H,12,13). The number of aromatic carboxylic acids is 1. The molecule has 3 saturated heterocycles. The predicted octanol–water partition coefficient (Wildman–Crippen LogP) is 8.87. The van der Waals surface area contributed by atoms with Gasteiger partial charge in [0.1, 0.15) is 50.9 Å². The largest absolute Gasteiger partial charge is 0.476 e. The first-order chi connectivity index (χ1) is 45.7. The van der Waals surface area contributed by atoms with E-state index < -0.39 is 17.2 Å². The second-order valence-corrected chi connectivity index (χ2v) is 27.5. The molecule has 0 bridgehead atoms. The van der Waals surface area contributed by atoms with Crippen molar-refractivity contribution < 1.29 is 43.3 Å². The average molecular weight is 1440 g/mol. The van der Waals surface area contributed by atoms with Gasteiger partial charge in [-0.3, -0.25) is 23.7 Å². The van der Waals surface area contributed by atoms with Gasteiger partial charge in [-0.25, -0.2) is 34.3 Å². The molecule has 10 aromatic rings. The fourth-order valence-electron chi connectivity index (χ4n) is 10.9. The van der Waals surface area contributed by atoms with E-state index in [0.717, 1.165) is 68.3 Å². The topological polar surface area (TPSA) is 316 Å². The third kappa shape index (κ3) is 18.2. The lowest BCUT2D eigenvalue weighted by molar-refractivity contribution is 0.0277. The molecule has 502 valence electrons. The zero-order valence-electron chi connectivity index (χ0n) is 54.4. The van der Waals surface area contributed by atoms with Crippen LogP contribution >= 0.6 is 31.9 Å². The number of halogens is 2. The van der Waals surface area contributed by atoms with Gasteiger partial charge in [-0.1, -0.05) is 0 Å². The Bertz CT molecular complexity index is 4530. The third-order valence-electron chi connectivity index (χ3n) is 15.7. The minimum Gasteiger partial charge on any atom is -0.476 e. The number of ether oxygens (including phenoxy) is 2. The van der Waals surface area contributed by atoms with E-state index in [1.807, 2.05) is 138 Å². The Morgan fingerprint density at radius 2 is 0.854 bits per heavy atom. The Morgan fingerprint density at radius 3 is 1.21 bits per heavy atom. The highest BCUT2D eigenvalue weighted by Gasteiger charge is 2.32. The Kier molecular flexibility index (Phi) is 21.2. The van der Waals surface area contributed by atoms with Crippen LogP contribution in [0.15, 0.2) is 132 Å². The zero-order chi connectivity index (χ0) is 68.6. The highest BCUT2D eigenvalue weighted by atomic mass is 79.9. The fourth-order valence-corrected chi connectivity index (χ4v) is 11.6. The first-order valence-corrected chi connectivity index (χ1v) is 32.7. The van der Waals surface area contributed by atoms with Crippen molar-refractivity contribution in [1.29, 1.82) is 5.26 Å². The van der Waals surface area contributed by atoms with Gasteiger partial charge < -0.3 is 62.8 Å². The third-order valence-corrected chi connectivity index (χ3v) is 16.6. The fraction of sp³-hybridized carbons (Fsp3) is 0.379. The molecule has 3 atom stereocenters. The summed E-state index contributed by atoms with van der Waals surface area (Å²) in [4.78, 5) is 94.4. The summed E-state index contributed by atoms with van der Waals surface area (Å²) >= 11 is 6.68. The van der Waals surface area contributed by atoms with Crippen molar-refractivity contribution in [2.45, 2.75) is 72.0 Å². The number of rotatable bonds is 12. The molecule has 10 aromatic heterocycles. The molecule has 3 unspecified atom stereocenters. The van der Waals surface area contributed by atoms with Gasteiger partial charge >= 0.3 is 18.2 Å². The number of pyridine rings is 4. The van der Waals surface area contributed by atoms with Crippen LogP contribution in [-0.4, -0.2) is 183 Å². The maximum atomic E-state index is 12.6. The molecule has 0 saturated carbocycles. The summed E-state index contributed by atoms with van der Waals surface area (Å²) < 4.78 is 23.3. The SMILES string of the molecule is CC(C)(C)OC(=O)N1CCC(CNC(=O)c2cn3cc(Br)ccc3n2)C1.Cn1cc(-c2ccc3nc(C(=O)NCC4CCN(C#N)C4)cn3c2)cn1.Cn1cc(-c2ccc3nc(C(=O)NCC4CCN(C(=O)OC(C)(C)C)C4)cn3c2)cn1.O=C(O)c1cn2cc(Br)ccc2n1. The summed E-state index contributed by atoms with van der Waals surface area (Å²) in [6.07, 6.45) is 25.8. The van der Waals surface area contributed by atoms with E-state index in [-0.39, 0.29) is 47.4 Å². The molecule has 96 heavy (non-hydrogen) atoms. The molecule has 13 heterocycles. The summed E-state index contributed by atoms with van der Waals surface area (Å²) in [5.41, 5.74) is 6.97. The molecule has 28 nitrogen and oxygen atoms in total. The van der Waals surface area contributed by atoms with E-state index >= 15 is 0 Å². The van der Waals surface area contributed by atoms with Crippen LogP contribution in [0.4, 0.5) is 9.59 Å². The molecule has 0 aromatic carbocycles. The predicted molar refractivity (Wildman–Crippen MR) is 362 cm³/mol. The smallest absolute Gasteiger partial charge is 0.410 e. The van der Waals surface area contributed by atoms with E-state index in [9.17, 15) is 28.8 Å². The van der Waals surface area contributed by atoms with Crippen molar-refractivity contribution in [1.82, 2.24) is 87.7 Å². The number of nitrogens with zero attached hydrogens (tertiary/aromatic N) is 16. The molecule has 30 heteroatoms. The number of imidazole rings is 4. The summed E-state index contributed by atoms with van der Waals surface area (Å²) in [6.45, 7) is 16.6. The van der Waals surface area contributed by atoms with E-state index in [2.05, 4.69) is 84.1 Å². The van der Waals surface area contributed by atoms with E-state index in [1.54, 1.807) is 76.1 Å². The number of aromatic nitrogens is 12. The Hall–Kier alpha value is -10.2. The van der Waals surface area contributed by atoms with Gasteiger partial charge in [0.05, 0.1) is 12.4 Å². The Balaban J connectivity index is 0.000000144. The molecule has 5 amide bonds. The van der Waals surface area contributed by atoms with Crippen LogP contribution in [0.1, 0.15) is 103 Å². The van der Waals surface area contributed by atoms with Gasteiger partial charge in [0, 0.05) is 166 Å². The van der Waals surface area contributed by atoms with Crippen LogP contribution in [0, 0.1) is 29.2 Å². The number of nitrogens with one attached hydrogen (secondary N) is 3. The highest BCUT2D eigenvalue weighted by molar-refractivity contribution is 9.10. The van der Waals surface area contributed by atoms with Crippen LogP contribution in [0.2, 0.25) is 0 Å². The van der Waals surface area contributed by atoms with Gasteiger partial charge in [-0.15, -0.1) is 0 Å². The quantitative estimate of drug-likeness (QED) is 0.0830. The molecule has 3 aliphatic heterocycles. The number of carboxylic acids is 1. The van der Waals surface area contributed by atoms with Crippen molar-refractivity contribution in [2.24, 2.45) is 31.8 Å². The van der Waals surface area contributed by atoms with E-state index in [4.69, 9.17) is 19.8 Å². The van der Waals surface area contributed by atoms with Crippen LogP contribution in [0.3, 0.4) is 0 Å². The van der Waals surface area contributed by atoms with Crippen LogP contribution < -0.4 is 16.0 Å². The first kappa shape index (κ1) is 68.7. The average Bonchev–Trinajstić information content (AvgIpc) is 1.71. The highest BCUT2D eigenvalue weighted by Crippen LogP contribution is 2.25. The Morgan fingerprint density at radius 1 is 0.500 bits per heavy atom. The molecular formula is C66H75Br2N19O9. The first-order valence-electron chi connectivity index (χ1n) is 31.1. The minimum atomic E-state index is -1.01. The summed E-state index contributed by atoms with van der Waals surface area (Å²) in [7, 11) is 3.75. The zero-order valence-corrected chi connectivity index (χ0v) is 57.6. The number of carboxylic acid groups (broad SMARTS) is 1. The van der Waals surface area contributed by atoms with Crippen molar-refractivity contribution in [3.63, 3.8) is 0 Å². The number of hydrogen-bond donors (Lipinski definition) is 4. The van der Waals surface area contributed by atoms with Crippen molar-refractivity contribution in [3.8, 4) is 28.4 Å². The lowest BCUT2D eigenvalue weighted by Crippen LogP contribution is -2.36. The lowest BCUT2D eigenvalue weighted by Gasteiger charge is -2.24. The number of aryl methyl sites for hydroxylation is 2. The number of amides is 5. The van der Waals surface area contributed by atoms with Gasteiger partial charge in [0.15, 0.2) is 11.9 Å². The van der Waals surface area contributed by atoms with Gasteiger partial charge in [-0.2, -0.15) is 15.5 Å². The molecule has 0 aliphatic carbocycles. The second-order valence-electron chi connectivity index (χ2n) is 25.7. The van der Waals surface area contributed by atoms with Crippen LogP contribution in [-0.2, 0) is 23.6 Å². The number of likely N-dealkylation sites (tertiary alicyclic amines) is 3. The monoisotopic (exact) mass is 1440 g/mol. The maximum Gasteiger partial charge on any atom is 0.410 e. The number of nitriles is 1. The van der Waals surface area contributed by atoms with Crippen LogP contribution in [0.5, 0.6) is 0 Å². The molecular weight excluding hydrogens is 1360 g/mol.